The summed E-state index contributed by atoms with van der Waals surface area (Å²) in [6.07, 6.45) is 1.04. The highest BCUT2D eigenvalue weighted by Gasteiger charge is 2.32. The second-order valence-electron chi connectivity index (χ2n) is 8.61. The molecule has 0 saturated carbocycles. The first-order chi connectivity index (χ1) is 14.7. The van der Waals surface area contributed by atoms with E-state index in [1.807, 2.05) is 0 Å². The predicted octanol–water partition coefficient (Wildman–Crippen LogP) is 8.00. The van der Waals surface area contributed by atoms with Crippen LogP contribution in [0.2, 0.25) is 0 Å². The molecule has 2 unspecified atom stereocenters. The van der Waals surface area contributed by atoms with E-state index in [9.17, 15) is 0 Å². The van der Waals surface area contributed by atoms with E-state index in [0.717, 1.165) is 17.6 Å². The first-order valence-corrected chi connectivity index (χ1v) is 10.8. The lowest BCUT2D eigenvalue weighted by Gasteiger charge is -2.25. The van der Waals surface area contributed by atoms with Crippen molar-refractivity contribution in [2.24, 2.45) is 0 Å². The number of benzene rings is 4. The molecule has 4 aromatic carbocycles. The Balaban J connectivity index is 1.70. The van der Waals surface area contributed by atoms with Crippen molar-refractivity contribution in [1.82, 2.24) is 0 Å². The second kappa shape index (κ2) is 6.60. The van der Waals surface area contributed by atoms with Gasteiger partial charge in [-0.15, -0.1) is 0 Å². The summed E-state index contributed by atoms with van der Waals surface area (Å²) in [5.74, 6) is 0.755. The van der Waals surface area contributed by atoms with E-state index in [0.29, 0.717) is 11.8 Å². The minimum absolute atomic E-state index is 0.345. The van der Waals surface area contributed by atoms with E-state index in [1.54, 1.807) is 0 Å². The molecule has 1 heterocycles. The van der Waals surface area contributed by atoms with Crippen molar-refractivity contribution < 1.29 is 4.42 Å². The lowest BCUT2D eigenvalue weighted by molar-refractivity contribution is 0.567. The van der Waals surface area contributed by atoms with Crippen LogP contribution in [0.4, 0.5) is 0 Å². The van der Waals surface area contributed by atoms with Gasteiger partial charge in [-0.25, -0.2) is 0 Å². The molecule has 1 nitrogen and oxygen atoms in total. The highest BCUT2D eigenvalue weighted by molar-refractivity contribution is 6.07. The van der Waals surface area contributed by atoms with Gasteiger partial charge < -0.3 is 4.42 Å². The van der Waals surface area contributed by atoms with Gasteiger partial charge in [0, 0.05) is 16.3 Å². The van der Waals surface area contributed by atoms with Crippen LogP contribution in [0.5, 0.6) is 0 Å². The fourth-order valence-corrected chi connectivity index (χ4v) is 5.45. The number of fused-ring (bicyclic) bond motifs is 7. The lowest BCUT2D eigenvalue weighted by Crippen LogP contribution is -2.11. The van der Waals surface area contributed by atoms with Crippen LogP contribution in [0.3, 0.4) is 0 Å². The summed E-state index contributed by atoms with van der Waals surface area (Å²) in [6.45, 7) is 4.62. The zero-order chi connectivity index (χ0) is 20.2. The van der Waals surface area contributed by atoms with Gasteiger partial charge in [0.1, 0.15) is 11.2 Å². The molecular formula is C29H24O. The van der Waals surface area contributed by atoms with Gasteiger partial charge in [-0.05, 0) is 65.1 Å². The zero-order valence-corrected chi connectivity index (χ0v) is 17.4. The van der Waals surface area contributed by atoms with Crippen LogP contribution >= 0.6 is 0 Å². The normalized spacial score (nSPS) is 18.2. The number of aryl methyl sites for hydroxylation is 1. The number of hydrogen-bond donors (Lipinski definition) is 0. The molecule has 1 aromatic heterocycles. The molecule has 0 spiro atoms. The van der Waals surface area contributed by atoms with Gasteiger partial charge in [-0.3, -0.25) is 0 Å². The molecule has 146 valence electrons. The Morgan fingerprint density at radius 3 is 2.40 bits per heavy atom. The first kappa shape index (κ1) is 17.5. The first-order valence-electron chi connectivity index (χ1n) is 10.8. The van der Waals surface area contributed by atoms with Crippen LogP contribution < -0.4 is 0 Å². The van der Waals surface area contributed by atoms with Gasteiger partial charge in [0.15, 0.2) is 0 Å². The predicted molar refractivity (Wildman–Crippen MR) is 125 cm³/mol. The van der Waals surface area contributed by atoms with Gasteiger partial charge in [-0.2, -0.15) is 0 Å². The summed E-state index contributed by atoms with van der Waals surface area (Å²) in [5.41, 5.74) is 10.3. The maximum Gasteiger partial charge on any atom is 0.139 e. The largest absolute Gasteiger partial charge is 0.456 e. The molecule has 0 saturated heterocycles. The summed E-state index contributed by atoms with van der Waals surface area (Å²) < 4.78 is 6.51. The Labute approximate surface area is 177 Å². The van der Waals surface area contributed by atoms with Gasteiger partial charge in [0.2, 0.25) is 0 Å². The Morgan fingerprint density at radius 2 is 1.50 bits per heavy atom. The quantitative estimate of drug-likeness (QED) is 0.283. The van der Waals surface area contributed by atoms with E-state index >= 15 is 0 Å². The SMILES string of the molecule is Cc1ccccc1C1Cc2ccccc2-c2ccc3c(oc4ccccc43)c2C1C. The molecule has 5 aromatic rings. The maximum absolute atomic E-state index is 6.51. The third-order valence-electron chi connectivity index (χ3n) is 6.98. The highest BCUT2D eigenvalue weighted by Crippen LogP contribution is 2.49. The molecule has 0 fully saturated rings. The average molecular weight is 389 g/mol. The molecule has 0 N–H and O–H groups in total. The molecule has 0 amide bonds. The fourth-order valence-electron chi connectivity index (χ4n) is 5.45. The van der Waals surface area contributed by atoms with Crippen LogP contribution in [-0.4, -0.2) is 0 Å². The summed E-state index contributed by atoms with van der Waals surface area (Å²) in [6, 6.07) is 30.7. The third-order valence-corrected chi connectivity index (χ3v) is 6.98. The molecule has 1 aliphatic rings. The minimum Gasteiger partial charge on any atom is -0.456 e. The molecule has 0 radical (unpaired) electrons. The molecule has 30 heavy (non-hydrogen) atoms. The van der Waals surface area contributed by atoms with E-state index in [-0.39, 0.29) is 0 Å². The number of furan rings is 1. The van der Waals surface area contributed by atoms with Crippen LogP contribution in [0.1, 0.15) is 41.0 Å². The van der Waals surface area contributed by atoms with Crippen molar-refractivity contribution in [3.05, 3.63) is 107 Å². The molecule has 1 heteroatoms. The van der Waals surface area contributed by atoms with Crippen molar-refractivity contribution >= 4 is 21.9 Å². The number of rotatable bonds is 1. The molecule has 6 rings (SSSR count). The summed E-state index contributed by atoms with van der Waals surface area (Å²) in [4.78, 5) is 0. The third kappa shape index (κ3) is 2.48. The average Bonchev–Trinajstić information content (AvgIpc) is 3.10. The van der Waals surface area contributed by atoms with E-state index < -0.39 is 0 Å². The van der Waals surface area contributed by atoms with Crippen molar-refractivity contribution in [3.8, 4) is 11.1 Å². The fraction of sp³-hybridized carbons (Fsp3) is 0.172. The number of hydrogen-bond acceptors (Lipinski definition) is 1. The topological polar surface area (TPSA) is 13.1 Å². The minimum atomic E-state index is 0.345. The molecule has 0 aliphatic heterocycles. The van der Waals surface area contributed by atoms with Gasteiger partial charge in [0.05, 0.1) is 0 Å². The molecular weight excluding hydrogens is 364 g/mol. The Bertz CT molecular complexity index is 1400. The Hall–Kier alpha value is -3.32. The van der Waals surface area contributed by atoms with Crippen molar-refractivity contribution in [1.29, 1.82) is 0 Å². The number of para-hydroxylation sites is 1. The van der Waals surface area contributed by atoms with E-state index in [2.05, 4.69) is 98.8 Å². The molecule has 1 aliphatic carbocycles. The lowest BCUT2D eigenvalue weighted by atomic mass is 9.78. The Kier molecular flexibility index (Phi) is 3.86. The monoisotopic (exact) mass is 388 g/mol. The van der Waals surface area contributed by atoms with E-state index in [1.165, 1.54) is 44.2 Å². The van der Waals surface area contributed by atoms with Crippen LogP contribution in [-0.2, 0) is 6.42 Å². The van der Waals surface area contributed by atoms with Crippen LogP contribution in [0.25, 0.3) is 33.1 Å². The van der Waals surface area contributed by atoms with E-state index in [4.69, 9.17) is 4.42 Å². The maximum atomic E-state index is 6.51. The van der Waals surface area contributed by atoms with Gasteiger partial charge in [-0.1, -0.05) is 79.7 Å². The highest BCUT2D eigenvalue weighted by atomic mass is 16.3. The molecule has 0 bridgehead atoms. The smallest absolute Gasteiger partial charge is 0.139 e. The summed E-state index contributed by atoms with van der Waals surface area (Å²) >= 11 is 0. The summed E-state index contributed by atoms with van der Waals surface area (Å²) in [7, 11) is 0. The van der Waals surface area contributed by atoms with Gasteiger partial charge >= 0.3 is 0 Å². The second-order valence-corrected chi connectivity index (χ2v) is 8.61. The zero-order valence-electron chi connectivity index (χ0n) is 17.4. The van der Waals surface area contributed by atoms with Crippen LogP contribution in [0, 0.1) is 6.92 Å². The van der Waals surface area contributed by atoms with Gasteiger partial charge in [0.25, 0.3) is 0 Å². The van der Waals surface area contributed by atoms with Crippen molar-refractivity contribution in [2.45, 2.75) is 32.1 Å². The van der Waals surface area contributed by atoms with Crippen LogP contribution in [0.15, 0.2) is 89.3 Å². The summed E-state index contributed by atoms with van der Waals surface area (Å²) in [5, 5.41) is 2.42. The Morgan fingerprint density at radius 1 is 0.733 bits per heavy atom. The standard InChI is InChI=1S/C29H24O/c1-18-9-3-5-11-21(18)26-17-20-10-4-6-12-22(20)24-15-16-25-23-13-7-8-14-27(23)30-29(25)28(24)19(26)2/h3-16,19,26H,17H2,1-2H3. The van der Waals surface area contributed by atoms with Crippen molar-refractivity contribution in [3.63, 3.8) is 0 Å². The van der Waals surface area contributed by atoms with Crippen molar-refractivity contribution in [2.75, 3.05) is 0 Å². The molecule has 2 atom stereocenters.